The lowest BCUT2D eigenvalue weighted by atomic mass is 9.56. The number of halogens is 3. The molecule has 37 heavy (non-hydrogen) atoms. The van der Waals surface area contributed by atoms with Crippen LogP contribution in [0.1, 0.15) is 29.2 Å². The quantitative estimate of drug-likeness (QED) is 0.236. The maximum Gasteiger partial charge on any atom is 0.254 e. The zero-order chi connectivity index (χ0) is 26.3. The number of hydrogen-bond donors (Lipinski definition) is 1. The zero-order valence-corrected chi connectivity index (χ0v) is 23.2. The van der Waals surface area contributed by atoms with Crippen LogP contribution < -0.4 is 0 Å². The van der Waals surface area contributed by atoms with Crippen molar-refractivity contribution in [2.45, 2.75) is 35.1 Å². The lowest BCUT2D eigenvalue weighted by Crippen LogP contribution is -2.60. The van der Waals surface area contributed by atoms with Crippen LogP contribution in [0.2, 0.25) is 0 Å². The standard InChI is InChI=1S/C26H21BrCl2N2O5S/c27-12-31-23(35)25(28)10-18-16(20(26(25,29)24(31)36)13-3-5-14(32)6-4-13)7-8-17-19(18)22(34)30(21(17)33)11-15-2-1-9-37-15/h1-7,9,17-20,32H,8,10-12H2/t17-,18+,19-,20-,25+,26-/m0/s1. The van der Waals surface area contributed by atoms with E-state index in [-0.39, 0.29) is 36.0 Å². The van der Waals surface area contributed by atoms with Crippen molar-refractivity contribution in [2.24, 2.45) is 17.8 Å². The Labute approximate surface area is 235 Å². The fourth-order valence-corrected chi connectivity index (χ4v) is 8.69. The van der Waals surface area contributed by atoms with Gasteiger partial charge in [-0.2, -0.15) is 0 Å². The van der Waals surface area contributed by atoms with Gasteiger partial charge in [-0.25, -0.2) is 0 Å². The van der Waals surface area contributed by atoms with E-state index >= 15 is 0 Å². The molecule has 7 nitrogen and oxygen atoms in total. The molecule has 3 fully saturated rings. The minimum atomic E-state index is -1.84. The molecule has 192 valence electrons. The summed E-state index contributed by atoms with van der Waals surface area (Å²) in [5, 5.41) is 11.8. The smallest absolute Gasteiger partial charge is 0.254 e. The number of benzene rings is 1. The number of nitrogens with zero attached hydrogens (tertiary/aromatic N) is 2. The third kappa shape index (κ3) is 3.30. The zero-order valence-electron chi connectivity index (χ0n) is 19.3. The number of fused-ring (bicyclic) bond motifs is 4. The van der Waals surface area contributed by atoms with Gasteiger partial charge in [0.1, 0.15) is 5.75 Å². The number of allylic oxidation sites excluding steroid dienone is 2. The molecule has 1 saturated carbocycles. The van der Waals surface area contributed by atoms with Crippen LogP contribution in [0.25, 0.3) is 0 Å². The molecule has 0 radical (unpaired) electrons. The molecule has 6 atom stereocenters. The number of aromatic hydroxyl groups is 1. The lowest BCUT2D eigenvalue weighted by molar-refractivity contribution is -0.141. The Hall–Kier alpha value is -2.20. The molecular weight excluding hydrogens is 603 g/mol. The average Bonchev–Trinajstić information content (AvgIpc) is 3.52. The summed E-state index contributed by atoms with van der Waals surface area (Å²) in [6, 6.07) is 10.0. The van der Waals surface area contributed by atoms with Gasteiger partial charge in [0.15, 0.2) is 9.75 Å². The molecule has 1 N–H and O–H groups in total. The summed E-state index contributed by atoms with van der Waals surface area (Å²) in [4.78, 5) is 53.9. The van der Waals surface area contributed by atoms with Crippen molar-refractivity contribution in [1.82, 2.24) is 9.80 Å². The van der Waals surface area contributed by atoms with E-state index in [1.54, 1.807) is 12.1 Å². The number of likely N-dealkylation sites (tertiary alicyclic amines) is 2. The van der Waals surface area contributed by atoms with Gasteiger partial charge in [0.25, 0.3) is 11.8 Å². The van der Waals surface area contributed by atoms with Crippen molar-refractivity contribution in [3.8, 4) is 5.75 Å². The van der Waals surface area contributed by atoms with E-state index in [4.69, 9.17) is 23.2 Å². The average molecular weight is 624 g/mol. The van der Waals surface area contributed by atoms with Crippen LogP contribution in [0, 0.1) is 17.8 Å². The minimum Gasteiger partial charge on any atom is -0.508 e. The molecule has 0 unspecified atom stereocenters. The molecule has 3 heterocycles. The van der Waals surface area contributed by atoms with Gasteiger partial charge in [-0.15, -0.1) is 34.5 Å². The second-order valence-electron chi connectivity index (χ2n) is 9.92. The molecule has 1 aromatic heterocycles. The van der Waals surface area contributed by atoms with E-state index in [2.05, 4.69) is 15.9 Å². The van der Waals surface area contributed by atoms with Crippen molar-refractivity contribution >= 4 is 74.1 Å². The maximum atomic E-state index is 13.8. The molecule has 2 aliphatic heterocycles. The Bertz CT molecular complexity index is 1370. The topological polar surface area (TPSA) is 95.0 Å². The summed E-state index contributed by atoms with van der Waals surface area (Å²) in [5.41, 5.74) is 1.25. The highest BCUT2D eigenvalue weighted by Crippen LogP contribution is 2.65. The molecule has 2 aliphatic carbocycles. The first-order valence-corrected chi connectivity index (χ1v) is 14.6. The molecular formula is C26H21BrCl2N2O5S. The number of carbonyl (C=O) groups is 4. The lowest BCUT2D eigenvalue weighted by Gasteiger charge is -2.50. The van der Waals surface area contributed by atoms with E-state index in [9.17, 15) is 24.3 Å². The summed E-state index contributed by atoms with van der Waals surface area (Å²) in [6.07, 6.45) is 2.18. The van der Waals surface area contributed by atoms with Crippen LogP contribution in [0.3, 0.4) is 0 Å². The SMILES string of the molecule is O=C1[C@H]2[C@H](CC=C3[C@H]2C[C@@]2(Cl)C(=O)N(CBr)C(=O)[C@@]2(Cl)[C@H]3c2ccc(O)cc2)C(=O)N1Cc1cccs1. The summed E-state index contributed by atoms with van der Waals surface area (Å²) in [6.45, 7) is 0.200. The van der Waals surface area contributed by atoms with Crippen LogP contribution in [0.15, 0.2) is 53.4 Å². The predicted octanol–water partition coefficient (Wildman–Crippen LogP) is 4.37. The second-order valence-corrected chi connectivity index (χ2v) is 12.7. The summed E-state index contributed by atoms with van der Waals surface area (Å²) in [5.74, 6) is -4.38. The normalized spacial score (nSPS) is 34.9. The number of imide groups is 2. The fourth-order valence-electron chi connectivity index (χ4n) is 6.57. The van der Waals surface area contributed by atoms with Crippen molar-refractivity contribution < 1.29 is 24.3 Å². The highest BCUT2D eigenvalue weighted by molar-refractivity contribution is 9.09. The van der Waals surface area contributed by atoms with Crippen molar-refractivity contribution in [3.63, 3.8) is 0 Å². The van der Waals surface area contributed by atoms with Crippen LogP contribution in [0.5, 0.6) is 5.75 Å². The molecule has 0 bridgehead atoms. The van der Waals surface area contributed by atoms with Gasteiger partial charge >= 0.3 is 0 Å². The third-order valence-corrected chi connectivity index (χ3v) is 11.0. The summed E-state index contributed by atoms with van der Waals surface area (Å²) in [7, 11) is 0. The Morgan fingerprint density at radius 1 is 1.00 bits per heavy atom. The van der Waals surface area contributed by atoms with E-state index in [1.165, 1.54) is 28.4 Å². The highest BCUT2D eigenvalue weighted by atomic mass is 79.9. The summed E-state index contributed by atoms with van der Waals surface area (Å²) < 4.78 is 0. The molecule has 2 saturated heterocycles. The van der Waals surface area contributed by atoms with Crippen LogP contribution in [0.4, 0.5) is 0 Å². The number of alkyl halides is 3. The van der Waals surface area contributed by atoms with Crippen molar-refractivity contribution in [2.75, 3.05) is 5.45 Å². The number of phenolic OH excluding ortho intramolecular Hbond substituents is 1. The number of amides is 4. The van der Waals surface area contributed by atoms with Gasteiger partial charge in [0.05, 0.1) is 23.8 Å². The molecule has 11 heteroatoms. The van der Waals surface area contributed by atoms with Crippen LogP contribution >= 0.6 is 50.5 Å². The number of carbonyl (C=O) groups excluding carboxylic acids is 4. The molecule has 1 aromatic carbocycles. The maximum absolute atomic E-state index is 13.8. The third-order valence-electron chi connectivity index (χ3n) is 8.23. The molecule has 0 spiro atoms. The van der Waals surface area contributed by atoms with Gasteiger partial charge in [0, 0.05) is 10.8 Å². The van der Waals surface area contributed by atoms with Gasteiger partial charge in [-0.1, -0.05) is 45.8 Å². The monoisotopic (exact) mass is 622 g/mol. The summed E-state index contributed by atoms with van der Waals surface area (Å²) >= 11 is 19.0. The van der Waals surface area contributed by atoms with Crippen LogP contribution in [-0.4, -0.2) is 53.7 Å². The second kappa shape index (κ2) is 8.66. The Balaban J connectivity index is 1.48. The van der Waals surface area contributed by atoms with Gasteiger partial charge < -0.3 is 5.11 Å². The van der Waals surface area contributed by atoms with E-state index in [0.29, 0.717) is 12.0 Å². The van der Waals surface area contributed by atoms with Gasteiger partial charge in [0.2, 0.25) is 11.8 Å². The number of rotatable bonds is 4. The molecule has 4 amide bonds. The first-order valence-electron chi connectivity index (χ1n) is 11.8. The van der Waals surface area contributed by atoms with Gasteiger partial charge in [-0.05, 0) is 47.9 Å². The minimum absolute atomic E-state index is 0.0336. The fraction of sp³-hybridized carbons (Fsp3) is 0.385. The van der Waals surface area contributed by atoms with E-state index in [1.807, 2.05) is 23.6 Å². The first-order chi connectivity index (χ1) is 17.6. The Kier molecular flexibility index (Phi) is 5.87. The number of thiophene rings is 1. The van der Waals surface area contributed by atoms with E-state index in [0.717, 1.165) is 15.4 Å². The number of hydrogen-bond acceptors (Lipinski definition) is 6. The van der Waals surface area contributed by atoms with Crippen LogP contribution in [-0.2, 0) is 25.7 Å². The predicted molar refractivity (Wildman–Crippen MR) is 141 cm³/mol. The first kappa shape index (κ1) is 25.1. The highest BCUT2D eigenvalue weighted by Gasteiger charge is 2.76. The Morgan fingerprint density at radius 3 is 2.38 bits per heavy atom. The molecule has 6 rings (SSSR count). The van der Waals surface area contributed by atoms with Gasteiger partial charge in [-0.3, -0.25) is 29.0 Å². The Morgan fingerprint density at radius 2 is 1.73 bits per heavy atom. The van der Waals surface area contributed by atoms with Crippen molar-refractivity contribution in [3.05, 3.63) is 63.9 Å². The molecule has 2 aromatic rings. The number of phenols is 1. The van der Waals surface area contributed by atoms with Crippen molar-refractivity contribution in [1.29, 1.82) is 0 Å². The largest absolute Gasteiger partial charge is 0.508 e. The molecule has 4 aliphatic rings. The van der Waals surface area contributed by atoms with E-state index < -0.39 is 45.2 Å².